The summed E-state index contributed by atoms with van der Waals surface area (Å²) in [6.07, 6.45) is -0.951. The number of aryl methyl sites for hydroxylation is 1. The minimum atomic E-state index is -3.95. The third kappa shape index (κ3) is 5.98. The number of sulfonamides is 1. The Bertz CT molecular complexity index is 1410. The normalized spacial score (nSPS) is 14.9. The van der Waals surface area contributed by atoms with Gasteiger partial charge in [-0.05, 0) is 55.3 Å². The van der Waals surface area contributed by atoms with Crippen molar-refractivity contribution >= 4 is 27.5 Å². The van der Waals surface area contributed by atoms with Gasteiger partial charge in [-0.3, -0.25) is 9.59 Å². The zero-order valence-electron chi connectivity index (χ0n) is 21.6. The van der Waals surface area contributed by atoms with E-state index in [2.05, 4.69) is 5.32 Å². The molecule has 0 bridgehead atoms. The number of para-hydroxylation sites is 2. The lowest BCUT2D eigenvalue weighted by Crippen LogP contribution is -2.52. The first-order chi connectivity index (χ1) is 18.2. The Labute approximate surface area is 223 Å². The van der Waals surface area contributed by atoms with Gasteiger partial charge >= 0.3 is 0 Å². The monoisotopic (exact) mass is 537 g/mol. The molecule has 1 N–H and O–H groups in total. The number of carbonyl (C=O) groups is 2. The molecule has 0 radical (unpaired) electrons. The molecule has 4 rings (SSSR count). The van der Waals surface area contributed by atoms with E-state index in [0.717, 1.165) is 9.87 Å². The number of likely N-dealkylation sites (N-methyl/N-ethyl adjacent to an activating group) is 1. The molecule has 0 aliphatic carbocycles. The molecule has 2 amide bonds. The number of hydrogen-bond acceptors (Lipinski definition) is 6. The molecule has 0 saturated heterocycles. The number of ether oxygens (including phenoxy) is 2. The van der Waals surface area contributed by atoms with Gasteiger partial charge in [0.05, 0.1) is 30.3 Å². The number of hydrogen-bond donors (Lipinski definition) is 1. The fourth-order valence-corrected chi connectivity index (χ4v) is 5.35. The summed E-state index contributed by atoms with van der Waals surface area (Å²) >= 11 is 0. The predicted octanol–water partition coefficient (Wildman–Crippen LogP) is 3.12. The Hall–Kier alpha value is -3.89. The van der Waals surface area contributed by atoms with Crippen LogP contribution >= 0.6 is 0 Å². The lowest BCUT2D eigenvalue weighted by molar-refractivity contribution is -0.128. The van der Waals surface area contributed by atoms with Gasteiger partial charge in [-0.2, -0.15) is 4.31 Å². The van der Waals surface area contributed by atoms with E-state index in [1.807, 2.05) is 37.3 Å². The summed E-state index contributed by atoms with van der Waals surface area (Å²) in [6.45, 7) is 3.94. The highest BCUT2D eigenvalue weighted by atomic mass is 32.2. The Morgan fingerprint density at radius 3 is 2.50 bits per heavy atom. The third-order valence-electron chi connectivity index (χ3n) is 6.19. The Morgan fingerprint density at radius 1 is 1.08 bits per heavy atom. The van der Waals surface area contributed by atoms with Crippen LogP contribution in [0.3, 0.4) is 0 Å². The maximum Gasteiger partial charge on any atom is 0.263 e. The summed E-state index contributed by atoms with van der Waals surface area (Å²) in [5.41, 5.74) is 2.09. The van der Waals surface area contributed by atoms with Crippen LogP contribution in [0.2, 0.25) is 0 Å². The van der Waals surface area contributed by atoms with Crippen molar-refractivity contribution < 1.29 is 27.5 Å². The van der Waals surface area contributed by atoms with Crippen molar-refractivity contribution in [2.24, 2.45) is 0 Å². The minimum absolute atomic E-state index is 0.0491. The van der Waals surface area contributed by atoms with Gasteiger partial charge in [-0.25, -0.2) is 8.42 Å². The van der Waals surface area contributed by atoms with Crippen LogP contribution in [-0.2, 0) is 26.2 Å². The van der Waals surface area contributed by atoms with E-state index < -0.39 is 28.6 Å². The van der Waals surface area contributed by atoms with Crippen LogP contribution < -0.4 is 19.7 Å². The van der Waals surface area contributed by atoms with Crippen molar-refractivity contribution in [3.8, 4) is 11.5 Å². The van der Waals surface area contributed by atoms with Crippen LogP contribution in [0.1, 0.15) is 18.1 Å². The van der Waals surface area contributed by atoms with Crippen LogP contribution in [0.15, 0.2) is 77.7 Å². The van der Waals surface area contributed by atoms with E-state index >= 15 is 0 Å². The SMILES string of the molecule is CCOc1ccc(S(=O)(=O)N(C)CC(=O)N2C[C@H](C(=O)NCc3ccccc3)Oc3ccccc32)cc1C. The van der Waals surface area contributed by atoms with E-state index in [9.17, 15) is 18.0 Å². The third-order valence-corrected chi connectivity index (χ3v) is 7.99. The quantitative estimate of drug-likeness (QED) is 0.450. The molecular weight excluding hydrogens is 506 g/mol. The second-order valence-electron chi connectivity index (χ2n) is 8.90. The average molecular weight is 538 g/mol. The highest BCUT2D eigenvalue weighted by Gasteiger charge is 2.35. The van der Waals surface area contributed by atoms with Gasteiger partial charge in [0.1, 0.15) is 11.5 Å². The smallest absolute Gasteiger partial charge is 0.263 e. The van der Waals surface area contributed by atoms with Gasteiger partial charge in [0.15, 0.2) is 6.10 Å². The molecule has 0 unspecified atom stereocenters. The second-order valence-corrected chi connectivity index (χ2v) is 10.9. The maximum absolute atomic E-state index is 13.4. The van der Waals surface area contributed by atoms with Crippen LogP contribution in [-0.4, -0.2) is 57.4 Å². The van der Waals surface area contributed by atoms with Crippen LogP contribution in [0.4, 0.5) is 5.69 Å². The van der Waals surface area contributed by atoms with E-state index in [1.165, 1.54) is 24.1 Å². The molecule has 3 aromatic carbocycles. The lowest BCUT2D eigenvalue weighted by atomic mass is 10.1. The van der Waals surface area contributed by atoms with Crippen molar-refractivity contribution in [2.45, 2.75) is 31.4 Å². The van der Waals surface area contributed by atoms with Gasteiger partial charge in [0, 0.05) is 13.6 Å². The molecule has 1 aliphatic rings. The molecule has 0 fully saturated rings. The molecule has 1 heterocycles. The first-order valence-corrected chi connectivity index (χ1v) is 13.7. The fraction of sp³-hybridized carbons (Fsp3) is 0.286. The number of fused-ring (bicyclic) bond motifs is 1. The van der Waals surface area contributed by atoms with E-state index in [1.54, 1.807) is 37.3 Å². The number of nitrogens with one attached hydrogen (secondary N) is 1. The molecule has 10 heteroatoms. The molecular formula is C28H31N3O6S. The molecule has 1 atom stereocenters. The van der Waals surface area contributed by atoms with Crippen molar-refractivity contribution in [1.29, 1.82) is 0 Å². The molecule has 0 saturated carbocycles. The molecule has 0 aromatic heterocycles. The summed E-state index contributed by atoms with van der Waals surface area (Å²) < 4.78 is 38.9. The summed E-state index contributed by atoms with van der Waals surface area (Å²) in [7, 11) is -2.60. The van der Waals surface area contributed by atoms with Gasteiger partial charge in [-0.15, -0.1) is 0 Å². The van der Waals surface area contributed by atoms with E-state index in [0.29, 0.717) is 35.9 Å². The summed E-state index contributed by atoms with van der Waals surface area (Å²) in [4.78, 5) is 27.8. The molecule has 1 aliphatic heterocycles. The van der Waals surface area contributed by atoms with Gasteiger partial charge < -0.3 is 19.7 Å². The largest absolute Gasteiger partial charge is 0.494 e. The number of anilines is 1. The summed E-state index contributed by atoms with van der Waals surface area (Å²) in [5, 5.41) is 2.85. The summed E-state index contributed by atoms with van der Waals surface area (Å²) in [5.74, 6) is 0.133. The van der Waals surface area contributed by atoms with Gasteiger partial charge in [0.2, 0.25) is 15.9 Å². The standard InChI is InChI=1S/C28H31N3O6S/c1-4-36-24-15-14-22(16-20(24)2)38(34,35)30(3)19-27(32)31-18-26(37-25-13-9-8-12-23(25)31)28(33)29-17-21-10-6-5-7-11-21/h5-16,26H,4,17-19H2,1-3H3,(H,29,33)/t26-/m1/s1. The lowest BCUT2D eigenvalue weighted by Gasteiger charge is -2.35. The highest BCUT2D eigenvalue weighted by molar-refractivity contribution is 7.89. The molecule has 38 heavy (non-hydrogen) atoms. The molecule has 200 valence electrons. The number of carbonyl (C=O) groups excluding carboxylic acids is 2. The van der Waals surface area contributed by atoms with Crippen molar-refractivity contribution in [1.82, 2.24) is 9.62 Å². The molecule has 9 nitrogen and oxygen atoms in total. The van der Waals surface area contributed by atoms with Crippen molar-refractivity contribution in [3.05, 3.63) is 83.9 Å². The minimum Gasteiger partial charge on any atom is -0.494 e. The first kappa shape index (κ1) is 27.2. The van der Waals surface area contributed by atoms with Crippen molar-refractivity contribution in [2.75, 3.05) is 31.6 Å². The van der Waals surface area contributed by atoms with Crippen molar-refractivity contribution in [3.63, 3.8) is 0 Å². The maximum atomic E-state index is 13.4. The predicted molar refractivity (Wildman–Crippen MR) is 144 cm³/mol. The van der Waals surface area contributed by atoms with E-state index in [4.69, 9.17) is 9.47 Å². The second kappa shape index (κ2) is 11.7. The Balaban J connectivity index is 1.49. The summed E-state index contributed by atoms with van der Waals surface area (Å²) in [6, 6.07) is 20.9. The first-order valence-electron chi connectivity index (χ1n) is 12.3. The van der Waals surface area contributed by atoms with E-state index in [-0.39, 0.29) is 17.3 Å². The number of amides is 2. The van der Waals surface area contributed by atoms with Crippen LogP contribution in [0.5, 0.6) is 11.5 Å². The number of benzene rings is 3. The Kier molecular flexibility index (Phi) is 8.33. The number of nitrogens with zero attached hydrogens (tertiary/aromatic N) is 2. The van der Waals surface area contributed by atoms with Crippen LogP contribution in [0.25, 0.3) is 0 Å². The number of rotatable bonds is 9. The topological polar surface area (TPSA) is 105 Å². The highest BCUT2D eigenvalue weighted by Crippen LogP contribution is 2.33. The molecule has 0 spiro atoms. The molecule has 3 aromatic rings. The zero-order valence-corrected chi connectivity index (χ0v) is 22.4. The average Bonchev–Trinajstić information content (AvgIpc) is 2.92. The fourth-order valence-electron chi connectivity index (χ4n) is 4.15. The van der Waals surface area contributed by atoms with Gasteiger partial charge in [0.25, 0.3) is 5.91 Å². The Morgan fingerprint density at radius 2 is 1.79 bits per heavy atom. The van der Waals surface area contributed by atoms with Gasteiger partial charge in [-0.1, -0.05) is 42.5 Å². The zero-order chi connectivity index (χ0) is 27.3. The van der Waals surface area contributed by atoms with Crippen LogP contribution in [0, 0.1) is 6.92 Å².